The fourth-order valence-corrected chi connectivity index (χ4v) is 3.42. The lowest BCUT2D eigenvalue weighted by molar-refractivity contribution is -0.145. The van der Waals surface area contributed by atoms with Crippen LogP contribution in [0.25, 0.3) is 0 Å². The number of fused-ring (bicyclic) bond motifs is 1. The zero-order valence-electron chi connectivity index (χ0n) is 17.6. The van der Waals surface area contributed by atoms with E-state index >= 15 is 0 Å². The van der Waals surface area contributed by atoms with Crippen LogP contribution in [0.1, 0.15) is 56.4 Å². The summed E-state index contributed by atoms with van der Waals surface area (Å²) in [5.41, 5.74) is 2.66. The van der Waals surface area contributed by atoms with Crippen LogP contribution in [0.2, 0.25) is 0 Å². The number of pyridine rings is 1. The number of hydrogen-bond acceptors (Lipinski definition) is 5. The van der Waals surface area contributed by atoms with Crippen LogP contribution in [0, 0.1) is 12.3 Å². The Morgan fingerprint density at radius 3 is 2.63 bits per heavy atom. The number of hydrogen-bond donors (Lipinski definition) is 1. The second-order valence-electron chi connectivity index (χ2n) is 8.80. The Bertz CT molecular complexity index is 937. The summed E-state index contributed by atoms with van der Waals surface area (Å²) in [4.78, 5) is 25.9. The largest absolute Gasteiger partial charge is 0.451 e. The van der Waals surface area contributed by atoms with Crippen molar-refractivity contribution in [2.45, 2.75) is 59.7 Å². The SMILES string of the molecule is Cc1cc2c(nc1NC(=O)CC(C)(C)C)CCCN2Cc1ccnc(C(F)(F)F)n1. The van der Waals surface area contributed by atoms with Crippen molar-refractivity contribution in [3.63, 3.8) is 0 Å². The van der Waals surface area contributed by atoms with Gasteiger partial charge in [0.2, 0.25) is 11.7 Å². The standard InChI is InChI=1S/C21H26F3N5O/c1-13-10-16-15(27-18(13)28-17(30)11-20(2,3)4)6-5-9-29(16)12-14-7-8-25-19(26-14)21(22,23)24/h7-8,10H,5-6,9,11-12H2,1-4H3,(H,27,28,30). The van der Waals surface area contributed by atoms with E-state index in [0.29, 0.717) is 24.5 Å². The summed E-state index contributed by atoms with van der Waals surface area (Å²) in [5, 5.41) is 2.89. The van der Waals surface area contributed by atoms with Gasteiger partial charge in [0, 0.05) is 19.2 Å². The maximum Gasteiger partial charge on any atom is 0.451 e. The number of nitrogens with one attached hydrogen (secondary N) is 1. The predicted octanol–water partition coefficient (Wildman–Crippen LogP) is 4.53. The van der Waals surface area contributed by atoms with Gasteiger partial charge in [0.05, 0.1) is 23.6 Å². The van der Waals surface area contributed by atoms with E-state index in [1.165, 1.54) is 6.07 Å². The first kappa shape index (κ1) is 22.0. The summed E-state index contributed by atoms with van der Waals surface area (Å²) in [6, 6.07) is 3.42. The van der Waals surface area contributed by atoms with E-state index in [1.54, 1.807) is 0 Å². The Labute approximate surface area is 173 Å². The molecule has 6 nitrogen and oxygen atoms in total. The Balaban J connectivity index is 1.81. The van der Waals surface area contributed by atoms with Crippen molar-refractivity contribution in [1.29, 1.82) is 0 Å². The van der Waals surface area contributed by atoms with Crippen LogP contribution in [-0.2, 0) is 23.9 Å². The van der Waals surface area contributed by atoms with Crippen molar-refractivity contribution in [1.82, 2.24) is 15.0 Å². The van der Waals surface area contributed by atoms with Gasteiger partial charge in [-0.3, -0.25) is 4.79 Å². The quantitative estimate of drug-likeness (QED) is 0.786. The van der Waals surface area contributed by atoms with Gasteiger partial charge in [-0.2, -0.15) is 13.2 Å². The number of carbonyl (C=O) groups is 1. The van der Waals surface area contributed by atoms with Crippen molar-refractivity contribution < 1.29 is 18.0 Å². The van der Waals surface area contributed by atoms with Gasteiger partial charge < -0.3 is 10.2 Å². The Morgan fingerprint density at radius 1 is 1.23 bits per heavy atom. The van der Waals surface area contributed by atoms with Gasteiger partial charge in [-0.05, 0) is 42.9 Å². The molecule has 1 amide bonds. The van der Waals surface area contributed by atoms with E-state index in [4.69, 9.17) is 0 Å². The number of aromatic nitrogens is 3. The van der Waals surface area contributed by atoms with Gasteiger partial charge in [-0.25, -0.2) is 15.0 Å². The van der Waals surface area contributed by atoms with Crippen molar-refractivity contribution >= 4 is 17.4 Å². The minimum absolute atomic E-state index is 0.0913. The number of aryl methyl sites for hydroxylation is 2. The molecule has 3 heterocycles. The molecule has 0 atom stereocenters. The first-order valence-corrected chi connectivity index (χ1v) is 9.87. The fourth-order valence-electron chi connectivity index (χ4n) is 3.42. The molecule has 9 heteroatoms. The fraction of sp³-hybridized carbons (Fsp3) is 0.524. The molecule has 0 saturated heterocycles. The molecule has 0 aromatic carbocycles. The summed E-state index contributed by atoms with van der Waals surface area (Å²) in [6.07, 6.45) is -1.50. The number of halogens is 3. The lowest BCUT2D eigenvalue weighted by Gasteiger charge is -2.31. The molecule has 162 valence electrons. The molecule has 3 rings (SSSR count). The smallest absolute Gasteiger partial charge is 0.364 e. The summed E-state index contributed by atoms with van der Waals surface area (Å²) < 4.78 is 38.7. The van der Waals surface area contributed by atoms with Crippen LogP contribution < -0.4 is 10.2 Å². The van der Waals surface area contributed by atoms with Crippen LogP contribution in [0.5, 0.6) is 0 Å². The molecule has 1 N–H and O–H groups in total. The lowest BCUT2D eigenvalue weighted by Crippen LogP contribution is -2.31. The van der Waals surface area contributed by atoms with Crippen molar-refractivity contribution in [2.24, 2.45) is 5.41 Å². The number of alkyl halides is 3. The zero-order chi connectivity index (χ0) is 22.1. The Kier molecular flexibility index (Phi) is 6.01. The zero-order valence-corrected chi connectivity index (χ0v) is 17.6. The topological polar surface area (TPSA) is 71.0 Å². The molecule has 1 aliphatic rings. The monoisotopic (exact) mass is 421 g/mol. The first-order chi connectivity index (χ1) is 13.9. The van der Waals surface area contributed by atoms with Crippen molar-refractivity contribution in [2.75, 3.05) is 16.8 Å². The summed E-state index contributed by atoms with van der Waals surface area (Å²) in [6.45, 7) is 8.77. The normalized spacial score (nSPS) is 14.4. The van der Waals surface area contributed by atoms with Crippen molar-refractivity contribution in [3.8, 4) is 0 Å². The molecule has 0 aliphatic carbocycles. The summed E-state index contributed by atoms with van der Waals surface area (Å²) in [5.74, 6) is -0.693. The first-order valence-electron chi connectivity index (χ1n) is 9.87. The third-order valence-corrected chi connectivity index (χ3v) is 4.72. The number of carbonyl (C=O) groups excluding carboxylic acids is 1. The molecular weight excluding hydrogens is 395 g/mol. The number of anilines is 2. The molecule has 0 fully saturated rings. The maximum absolute atomic E-state index is 12.9. The molecule has 2 aromatic heterocycles. The average Bonchev–Trinajstić information content (AvgIpc) is 2.61. The minimum Gasteiger partial charge on any atom is -0.364 e. The summed E-state index contributed by atoms with van der Waals surface area (Å²) >= 11 is 0. The second kappa shape index (κ2) is 8.20. The Morgan fingerprint density at radius 2 is 1.97 bits per heavy atom. The van der Waals surface area contributed by atoms with Crippen LogP contribution >= 0.6 is 0 Å². The van der Waals surface area contributed by atoms with Gasteiger partial charge in [0.25, 0.3) is 0 Å². The maximum atomic E-state index is 12.9. The highest BCUT2D eigenvalue weighted by atomic mass is 19.4. The van der Waals surface area contributed by atoms with E-state index in [9.17, 15) is 18.0 Å². The van der Waals surface area contributed by atoms with Crippen LogP contribution in [0.4, 0.5) is 24.7 Å². The van der Waals surface area contributed by atoms with E-state index < -0.39 is 12.0 Å². The average molecular weight is 421 g/mol. The van der Waals surface area contributed by atoms with Crippen molar-refractivity contribution in [3.05, 3.63) is 41.1 Å². The predicted molar refractivity (Wildman–Crippen MR) is 108 cm³/mol. The highest BCUT2D eigenvalue weighted by molar-refractivity contribution is 5.91. The highest BCUT2D eigenvalue weighted by Gasteiger charge is 2.34. The van der Waals surface area contributed by atoms with Crippen LogP contribution in [0.15, 0.2) is 18.3 Å². The van der Waals surface area contributed by atoms with Crippen LogP contribution in [-0.4, -0.2) is 27.4 Å². The van der Waals surface area contributed by atoms with Gasteiger partial charge in [-0.1, -0.05) is 20.8 Å². The van der Waals surface area contributed by atoms with E-state index in [1.807, 2.05) is 38.7 Å². The number of nitrogens with zero attached hydrogens (tertiary/aromatic N) is 4. The van der Waals surface area contributed by atoms with Gasteiger partial charge in [-0.15, -0.1) is 0 Å². The number of amides is 1. The third-order valence-electron chi connectivity index (χ3n) is 4.72. The molecule has 0 bridgehead atoms. The molecule has 0 spiro atoms. The molecule has 0 radical (unpaired) electrons. The van der Waals surface area contributed by atoms with Gasteiger partial charge >= 0.3 is 6.18 Å². The molecular formula is C21H26F3N5O. The third kappa shape index (κ3) is 5.46. The Hall–Kier alpha value is -2.71. The van der Waals surface area contributed by atoms with E-state index in [-0.39, 0.29) is 17.9 Å². The van der Waals surface area contributed by atoms with Gasteiger partial charge in [0.15, 0.2) is 0 Å². The van der Waals surface area contributed by atoms with E-state index in [0.717, 1.165) is 36.0 Å². The van der Waals surface area contributed by atoms with E-state index in [2.05, 4.69) is 20.3 Å². The minimum atomic E-state index is -4.58. The van der Waals surface area contributed by atoms with Gasteiger partial charge in [0.1, 0.15) is 5.82 Å². The molecule has 30 heavy (non-hydrogen) atoms. The molecule has 0 saturated carbocycles. The lowest BCUT2D eigenvalue weighted by atomic mass is 9.92. The highest BCUT2D eigenvalue weighted by Crippen LogP contribution is 2.32. The molecule has 0 unspecified atom stereocenters. The molecule has 1 aliphatic heterocycles. The van der Waals surface area contributed by atoms with Crippen LogP contribution in [0.3, 0.4) is 0 Å². The second-order valence-corrected chi connectivity index (χ2v) is 8.80. The summed E-state index contributed by atoms with van der Waals surface area (Å²) in [7, 11) is 0. The number of rotatable bonds is 4. The molecule has 2 aromatic rings.